The van der Waals surface area contributed by atoms with Gasteiger partial charge in [0.25, 0.3) is 0 Å². The predicted molar refractivity (Wildman–Crippen MR) is 89.7 cm³/mol. The molecule has 0 amide bonds. The van der Waals surface area contributed by atoms with E-state index in [-0.39, 0.29) is 0 Å². The third kappa shape index (κ3) is 6.63. The Morgan fingerprint density at radius 3 is 2.71 bits per heavy atom. The lowest BCUT2D eigenvalue weighted by atomic mass is 10.1. The van der Waals surface area contributed by atoms with Crippen LogP contribution >= 0.6 is 0 Å². The summed E-state index contributed by atoms with van der Waals surface area (Å²) < 4.78 is 5.34. The Morgan fingerprint density at radius 1 is 1.29 bits per heavy atom. The molecule has 0 atom stereocenters. The van der Waals surface area contributed by atoms with Gasteiger partial charge in [-0.3, -0.25) is 4.99 Å². The first-order chi connectivity index (χ1) is 10.2. The number of nitrogens with zero attached hydrogens (tertiary/aromatic N) is 2. The van der Waals surface area contributed by atoms with Gasteiger partial charge in [0, 0.05) is 40.4 Å². The zero-order chi connectivity index (χ0) is 15.5. The van der Waals surface area contributed by atoms with Crippen LogP contribution in [0.1, 0.15) is 30.9 Å². The Labute approximate surface area is 129 Å². The van der Waals surface area contributed by atoms with Crippen LogP contribution in [0.5, 0.6) is 0 Å². The molecule has 0 saturated heterocycles. The first-order valence-corrected chi connectivity index (χ1v) is 7.73. The van der Waals surface area contributed by atoms with E-state index >= 15 is 0 Å². The molecule has 0 saturated carbocycles. The average Bonchev–Trinajstić information content (AvgIpc) is 2.49. The molecule has 0 aromatic heterocycles. The maximum absolute atomic E-state index is 5.34. The monoisotopic (exact) mass is 291 g/mol. The van der Waals surface area contributed by atoms with Crippen LogP contribution in [0.2, 0.25) is 0 Å². The van der Waals surface area contributed by atoms with Crippen molar-refractivity contribution in [2.24, 2.45) is 4.99 Å². The lowest BCUT2D eigenvalue weighted by Crippen LogP contribution is -2.39. The number of hydrogen-bond donors (Lipinski definition) is 1. The number of guanidine groups is 1. The molecule has 4 heteroatoms. The van der Waals surface area contributed by atoms with E-state index in [1.165, 1.54) is 11.1 Å². The number of unbranched alkanes of at least 4 members (excludes halogenated alkanes) is 1. The number of nitrogens with one attached hydrogen (secondary N) is 1. The smallest absolute Gasteiger partial charge is 0.193 e. The van der Waals surface area contributed by atoms with Crippen molar-refractivity contribution in [1.29, 1.82) is 0 Å². The van der Waals surface area contributed by atoms with Crippen LogP contribution in [-0.4, -0.2) is 44.7 Å². The van der Waals surface area contributed by atoms with Gasteiger partial charge in [0.05, 0.1) is 0 Å². The summed E-state index contributed by atoms with van der Waals surface area (Å²) in [6, 6.07) is 8.47. The Balaban J connectivity index is 2.36. The molecule has 1 aromatic rings. The van der Waals surface area contributed by atoms with Gasteiger partial charge >= 0.3 is 0 Å². The molecule has 0 fully saturated rings. The zero-order valence-corrected chi connectivity index (χ0v) is 13.9. The molecule has 0 heterocycles. The fraction of sp³-hybridized carbons (Fsp3) is 0.588. The molecular formula is C17H29N3O. The van der Waals surface area contributed by atoms with E-state index in [0.29, 0.717) is 0 Å². The summed E-state index contributed by atoms with van der Waals surface area (Å²) in [4.78, 5) is 6.51. The summed E-state index contributed by atoms with van der Waals surface area (Å²) in [5, 5.41) is 3.41. The highest BCUT2D eigenvalue weighted by molar-refractivity contribution is 5.79. The Bertz CT molecular complexity index is 432. The van der Waals surface area contributed by atoms with Crippen molar-refractivity contribution in [3.05, 3.63) is 35.4 Å². The van der Waals surface area contributed by atoms with Crippen LogP contribution in [0.3, 0.4) is 0 Å². The maximum Gasteiger partial charge on any atom is 0.193 e. The molecule has 0 spiro atoms. The Morgan fingerprint density at radius 2 is 2.05 bits per heavy atom. The first-order valence-electron chi connectivity index (χ1n) is 7.73. The largest absolute Gasteiger partial charge is 0.382 e. The maximum atomic E-state index is 5.34. The summed E-state index contributed by atoms with van der Waals surface area (Å²) in [7, 11) is 3.90. The fourth-order valence-corrected chi connectivity index (χ4v) is 2.18. The number of aryl methyl sites for hydroxylation is 1. The number of aliphatic imine (C=N–C) groups is 1. The molecule has 0 aliphatic rings. The van der Waals surface area contributed by atoms with Crippen LogP contribution in [0.15, 0.2) is 29.3 Å². The second-order valence-corrected chi connectivity index (χ2v) is 5.16. The lowest BCUT2D eigenvalue weighted by Gasteiger charge is -2.23. The van der Waals surface area contributed by atoms with Crippen LogP contribution in [0, 0.1) is 6.92 Å². The van der Waals surface area contributed by atoms with Crippen LogP contribution in [0.4, 0.5) is 0 Å². The molecule has 0 bridgehead atoms. The second-order valence-electron chi connectivity index (χ2n) is 5.16. The van der Waals surface area contributed by atoms with Gasteiger partial charge in [-0.15, -0.1) is 0 Å². The van der Waals surface area contributed by atoms with Gasteiger partial charge in [-0.05, 0) is 37.8 Å². The number of benzene rings is 1. The van der Waals surface area contributed by atoms with Gasteiger partial charge in [0.1, 0.15) is 0 Å². The Kier molecular flexibility index (Phi) is 8.51. The van der Waals surface area contributed by atoms with Gasteiger partial charge in [-0.1, -0.05) is 24.3 Å². The predicted octanol–water partition coefficient (Wildman–Crippen LogP) is 2.82. The minimum atomic E-state index is 0.800. The molecule has 4 nitrogen and oxygen atoms in total. The molecule has 0 radical (unpaired) electrons. The molecule has 1 N–H and O–H groups in total. The third-order valence-corrected chi connectivity index (χ3v) is 3.44. The van der Waals surface area contributed by atoms with Gasteiger partial charge in [0.15, 0.2) is 5.96 Å². The van der Waals surface area contributed by atoms with Crippen LogP contribution < -0.4 is 5.32 Å². The highest BCUT2D eigenvalue weighted by atomic mass is 16.5. The highest BCUT2D eigenvalue weighted by Gasteiger charge is 2.07. The third-order valence-electron chi connectivity index (χ3n) is 3.44. The minimum absolute atomic E-state index is 0.800. The van der Waals surface area contributed by atoms with Crippen molar-refractivity contribution >= 4 is 5.96 Å². The standard InChI is InChI=1S/C17H29N3O/c1-5-21-13-9-8-12-19-17(18-3)20(4)14-16-11-7-6-10-15(16)2/h6-7,10-11H,5,8-9,12-14H2,1-4H3,(H,18,19). The molecule has 1 rings (SSSR count). The van der Waals surface area contributed by atoms with E-state index in [4.69, 9.17) is 4.74 Å². The Hall–Kier alpha value is -1.55. The first kappa shape index (κ1) is 17.5. The second kappa shape index (κ2) is 10.2. The number of ether oxygens (including phenoxy) is 1. The molecule has 0 unspecified atom stereocenters. The normalized spacial score (nSPS) is 11.5. The van der Waals surface area contributed by atoms with Gasteiger partial charge in [0.2, 0.25) is 0 Å². The number of hydrogen-bond acceptors (Lipinski definition) is 2. The van der Waals surface area contributed by atoms with E-state index in [0.717, 1.165) is 45.1 Å². The minimum Gasteiger partial charge on any atom is -0.382 e. The molecule has 0 aliphatic heterocycles. The van der Waals surface area contributed by atoms with Gasteiger partial charge in [-0.2, -0.15) is 0 Å². The van der Waals surface area contributed by atoms with Crippen LogP contribution in [-0.2, 0) is 11.3 Å². The van der Waals surface area contributed by atoms with Crippen molar-refractivity contribution in [2.75, 3.05) is 33.9 Å². The van der Waals surface area contributed by atoms with Crippen molar-refractivity contribution in [2.45, 2.75) is 33.2 Å². The van der Waals surface area contributed by atoms with Crippen molar-refractivity contribution < 1.29 is 4.74 Å². The molecule has 21 heavy (non-hydrogen) atoms. The van der Waals surface area contributed by atoms with Crippen molar-refractivity contribution in [3.63, 3.8) is 0 Å². The van der Waals surface area contributed by atoms with Crippen molar-refractivity contribution in [1.82, 2.24) is 10.2 Å². The van der Waals surface area contributed by atoms with Gasteiger partial charge in [-0.25, -0.2) is 0 Å². The fourth-order valence-electron chi connectivity index (χ4n) is 2.18. The lowest BCUT2D eigenvalue weighted by molar-refractivity contribution is 0.143. The number of rotatable bonds is 8. The topological polar surface area (TPSA) is 36.9 Å². The van der Waals surface area contributed by atoms with Crippen molar-refractivity contribution in [3.8, 4) is 0 Å². The van der Waals surface area contributed by atoms with Crippen LogP contribution in [0.25, 0.3) is 0 Å². The summed E-state index contributed by atoms with van der Waals surface area (Å²) in [6.45, 7) is 7.61. The molecule has 118 valence electrons. The van der Waals surface area contributed by atoms with E-state index in [1.807, 2.05) is 14.0 Å². The molecule has 0 aliphatic carbocycles. The van der Waals surface area contributed by atoms with E-state index in [1.54, 1.807) is 0 Å². The van der Waals surface area contributed by atoms with Gasteiger partial charge < -0.3 is 15.0 Å². The summed E-state index contributed by atoms with van der Waals surface area (Å²) in [6.07, 6.45) is 2.18. The van der Waals surface area contributed by atoms with E-state index < -0.39 is 0 Å². The average molecular weight is 291 g/mol. The summed E-state index contributed by atoms with van der Waals surface area (Å²) in [5.41, 5.74) is 2.65. The van der Waals surface area contributed by atoms with E-state index in [9.17, 15) is 0 Å². The molecule has 1 aromatic carbocycles. The highest BCUT2D eigenvalue weighted by Crippen LogP contribution is 2.09. The quantitative estimate of drug-likeness (QED) is 0.454. The SMILES string of the molecule is CCOCCCCNC(=NC)N(C)Cc1ccccc1C. The van der Waals surface area contributed by atoms with E-state index in [2.05, 4.69) is 53.4 Å². The summed E-state index contributed by atoms with van der Waals surface area (Å²) >= 11 is 0. The summed E-state index contributed by atoms with van der Waals surface area (Å²) in [5.74, 6) is 0.940. The zero-order valence-electron chi connectivity index (χ0n) is 13.9. The molecular weight excluding hydrogens is 262 g/mol.